The Hall–Kier alpha value is -1.63. The summed E-state index contributed by atoms with van der Waals surface area (Å²) >= 11 is 0. The first-order chi connectivity index (χ1) is 13.7. The minimum absolute atomic E-state index is 0.496. The molecule has 0 spiro atoms. The van der Waals surface area contributed by atoms with Gasteiger partial charge < -0.3 is 15.5 Å². The second-order valence-electron chi connectivity index (χ2n) is 8.25. The quantitative estimate of drug-likeness (QED) is 0.549. The molecule has 6 nitrogen and oxygen atoms in total. The van der Waals surface area contributed by atoms with E-state index in [1.165, 1.54) is 24.9 Å². The second kappa shape index (κ2) is 10.8. The molecule has 2 fully saturated rings. The van der Waals surface area contributed by atoms with Gasteiger partial charge >= 0.3 is 0 Å². The lowest BCUT2D eigenvalue weighted by Gasteiger charge is -2.37. The van der Waals surface area contributed by atoms with E-state index >= 15 is 0 Å². The summed E-state index contributed by atoms with van der Waals surface area (Å²) in [5, 5.41) is 7.03. The van der Waals surface area contributed by atoms with E-state index in [0.717, 1.165) is 51.8 Å². The number of hydrogen-bond donors (Lipinski definition) is 2. The molecule has 2 aliphatic rings. The summed E-state index contributed by atoms with van der Waals surface area (Å²) in [6, 6.07) is 11.9. The van der Waals surface area contributed by atoms with Gasteiger partial charge in [-0.2, -0.15) is 0 Å². The maximum absolute atomic E-state index is 4.90. The molecule has 6 heteroatoms. The fraction of sp³-hybridized carbons (Fsp3) is 0.682. The summed E-state index contributed by atoms with van der Waals surface area (Å²) in [6.07, 6.45) is 2.54. The summed E-state index contributed by atoms with van der Waals surface area (Å²) in [7, 11) is 4.42. The molecular weight excluding hydrogens is 348 g/mol. The van der Waals surface area contributed by atoms with E-state index in [2.05, 4.69) is 76.7 Å². The highest BCUT2D eigenvalue weighted by Gasteiger charge is 2.25. The van der Waals surface area contributed by atoms with E-state index in [4.69, 9.17) is 4.99 Å². The molecule has 2 saturated heterocycles. The van der Waals surface area contributed by atoms with Gasteiger partial charge in [0.25, 0.3) is 0 Å². The van der Waals surface area contributed by atoms with Crippen LogP contribution in [0.2, 0.25) is 0 Å². The van der Waals surface area contributed by atoms with Crippen LogP contribution in [0.3, 0.4) is 0 Å². The third-order valence-corrected chi connectivity index (χ3v) is 6.02. The zero-order valence-corrected chi connectivity index (χ0v) is 17.9. The van der Waals surface area contributed by atoms with Gasteiger partial charge in [-0.15, -0.1) is 0 Å². The third-order valence-electron chi connectivity index (χ3n) is 6.02. The highest BCUT2D eigenvalue weighted by atomic mass is 15.3. The molecule has 156 valence electrons. The number of hydrogen-bond acceptors (Lipinski definition) is 4. The predicted octanol–water partition coefficient (Wildman–Crippen LogP) is 1.45. The van der Waals surface area contributed by atoms with Gasteiger partial charge in [-0.25, -0.2) is 0 Å². The van der Waals surface area contributed by atoms with Crippen molar-refractivity contribution in [2.45, 2.75) is 38.4 Å². The molecule has 2 atom stereocenters. The van der Waals surface area contributed by atoms with Gasteiger partial charge in [0.05, 0.1) is 6.54 Å². The molecule has 28 heavy (non-hydrogen) atoms. The molecule has 2 aliphatic heterocycles. The minimum Gasteiger partial charge on any atom is -0.357 e. The van der Waals surface area contributed by atoms with Gasteiger partial charge in [0.1, 0.15) is 0 Å². The minimum atomic E-state index is 0.496. The molecule has 0 radical (unpaired) electrons. The zero-order valence-electron chi connectivity index (χ0n) is 17.9. The normalized spacial score (nSPS) is 25.2. The monoisotopic (exact) mass is 386 g/mol. The van der Waals surface area contributed by atoms with Crippen LogP contribution in [0.4, 0.5) is 0 Å². The van der Waals surface area contributed by atoms with Crippen LogP contribution in [-0.2, 0) is 6.54 Å². The largest absolute Gasteiger partial charge is 0.357 e. The van der Waals surface area contributed by atoms with E-state index < -0.39 is 0 Å². The van der Waals surface area contributed by atoms with E-state index in [9.17, 15) is 0 Å². The first-order valence-electron chi connectivity index (χ1n) is 10.8. The average Bonchev–Trinajstić information content (AvgIpc) is 3.14. The molecule has 0 amide bonds. The van der Waals surface area contributed by atoms with Gasteiger partial charge in [-0.3, -0.25) is 14.8 Å². The second-order valence-corrected chi connectivity index (χ2v) is 8.25. The fourth-order valence-corrected chi connectivity index (χ4v) is 4.20. The van der Waals surface area contributed by atoms with Crippen molar-refractivity contribution in [2.24, 2.45) is 4.99 Å². The lowest BCUT2D eigenvalue weighted by Crippen LogP contribution is -2.52. The Morgan fingerprint density at radius 1 is 1.07 bits per heavy atom. The van der Waals surface area contributed by atoms with E-state index in [1.807, 2.05) is 0 Å². The Morgan fingerprint density at radius 3 is 2.68 bits per heavy atom. The zero-order chi connectivity index (χ0) is 19.8. The van der Waals surface area contributed by atoms with E-state index in [0.29, 0.717) is 12.1 Å². The molecule has 1 aromatic carbocycles. The Bertz CT molecular complexity index is 604. The van der Waals surface area contributed by atoms with Crippen molar-refractivity contribution >= 4 is 5.96 Å². The number of rotatable bonds is 7. The van der Waals surface area contributed by atoms with Crippen molar-refractivity contribution < 1.29 is 0 Å². The predicted molar refractivity (Wildman–Crippen MR) is 118 cm³/mol. The Kier molecular flexibility index (Phi) is 8.13. The summed E-state index contributed by atoms with van der Waals surface area (Å²) in [4.78, 5) is 12.3. The molecule has 0 saturated carbocycles. The van der Waals surface area contributed by atoms with Crippen LogP contribution in [0.15, 0.2) is 35.3 Å². The lowest BCUT2D eigenvalue weighted by molar-refractivity contribution is 0.119. The fourth-order valence-electron chi connectivity index (χ4n) is 4.20. The SMILES string of the molecule is CCNC(=NCC1CN(C)CCN1C)NCC1CCCN1Cc1ccccc1. The Labute approximate surface area is 171 Å². The molecule has 3 rings (SSSR count). The maximum atomic E-state index is 4.90. The van der Waals surface area contributed by atoms with Crippen LogP contribution < -0.4 is 10.6 Å². The lowest BCUT2D eigenvalue weighted by atomic mass is 10.2. The van der Waals surface area contributed by atoms with Crippen molar-refractivity contribution in [3.63, 3.8) is 0 Å². The average molecular weight is 387 g/mol. The molecule has 0 aromatic heterocycles. The molecule has 2 heterocycles. The molecule has 0 bridgehead atoms. The van der Waals surface area contributed by atoms with Crippen LogP contribution in [0.5, 0.6) is 0 Å². The highest BCUT2D eigenvalue weighted by molar-refractivity contribution is 5.79. The molecule has 2 unspecified atom stereocenters. The van der Waals surface area contributed by atoms with Crippen LogP contribution in [0, 0.1) is 0 Å². The van der Waals surface area contributed by atoms with Crippen molar-refractivity contribution in [3.8, 4) is 0 Å². The summed E-state index contributed by atoms with van der Waals surface area (Å²) in [5.41, 5.74) is 1.40. The molecule has 0 aliphatic carbocycles. The van der Waals surface area contributed by atoms with Crippen molar-refractivity contribution in [3.05, 3.63) is 35.9 Å². The van der Waals surface area contributed by atoms with Crippen LogP contribution in [-0.4, -0.2) is 92.7 Å². The number of nitrogens with one attached hydrogen (secondary N) is 2. The van der Waals surface area contributed by atoms with Gasteiger partial charge in [0.2, 0.25) is 0 Å². The standard InChI is InChI=1S/C22H38N6/c1-4-23-22(25-16-21-18-26(2)13-14-27(21)3)24-15-20-11-8-12-28(20)17-19-9-6-5-7-10-19/h5-7,9-10,20-21H,4,8,11-18H2,1-3H3,(H2,23,24,25). The van der Waals surface area contributed by atoms with Gasteiger partial charge in [0.15, 0.2) is 5.96 Å². The van der Waals surface area contributed by atoms with E-state index in [-0.39, 0.29) is 0 Å². The topological polar surface area (TPSA) is 46.1 Å². The summed E-state index contributed by atoms with van der Waals surface area (Å²) < 4.78 is 0. The van der Waals surface area contributed by atoms with Crippen molar-refractivity contribution in [1.29, 1.82) is 0 Å². The van der Waals surface area contributed by atoms with Crippen LogP contribution in [0.25, 0.3) is 0 Å². The number of likely N-dealkylation sites (N-methyl/N-ethyl adjacent to an activating group) is 2. The number of benzene rings is 1. The molecule has 2 N–H and O–H groups in total. The Balaban J connectivity index is 1.52. The number of nitrogens with zero attached hydrogens (tertiary/aromatic N) is 4. The number of guanidine groups is 1. The van der Waals surface area contributed by atoms with Crippen molar-refractivity contribution in [2.75, 3.05) is 59.9 Å². The first kappa shape index (κ1) is 21.1. The third kappa shape index (κ3) is 6.19. The maximum Gasteiger partial charge on any atom is 0.191 e. The number of aliphatic imine (C=N–C) groups is 1. The van der Waals surface area contributed by atoms with Gasteiger partial charge in [0, 0.05) is 51.4 Å². The summed E-state index contributed by atoms with van der Waals surface area (Å²) in [6.45, 7) is 10.4. The molecule has 1 aromatic rings. The van der Waals surface area contributed by atoms with Crippen LogP contribution in [0.1, 0.15) is 25.3 Å². The van der Waals surface area contributed by atoms with Crippen LogP contribution >= 0.6 is 0 Å². The highest BCUT2D eigenvalue weighted by Crippen LogP contribution is 2.19. The molecular formula is C22H38N6. The smallest absolute Gasteiger partial charge is 0.191 e. The van der Waals surface area contributed by atoms with Gasteiger partial charge in [-0.05, 0) is 46.0 Å². The first-order valence-corrected chi connectivity index (χ1v) is 10.8. The Morgan fingerprint density at radius 2 is 1.89 bits per heavy atom. The summed E-state index contributed by atoms with van der Waals surface area (Å²) in [5.74, 6) is 0.954. The number of likely N-dealkylation sites (tertiary alicyclic amines) is 1. The number of piperazine rings is 1. The van der Waals surface area contributed by atoms with E-state index in [1.54, 1.807) is 0 Å². The van der Waals surface area contributed by atoms with Crippen molar-refractivity contribution in [1.82, 2.24) is 25.3 Å². The van der Waals surface area contributed by atoms with Gasteiger partial charge in [-0.1, -0.05) is 30.3 Å².